The number of carbonyl (C=O) groups is 1. The number of anilines is 1. The Hall–Kier alpha value is -5.69. The predicted molar refractivity (Wildman–Crippen MR) is 222 cm³/mol. The predicted octanol–water partition coefficient (Wildman–Crippen LogP) is 13.0. The van der Waals surface area contributed by atoms with Crippen molar-refractivity contribution in [3.8, 4) is 28.4 Å². The number of rotatable bonds is 15. The summed E-state index contributed by atoms with van der Waals surface area (Å²) in [6, 6.07) is 36.9. The quantitative estimate of drug-likeness (QED) is 0.0463. The maximum Gasteiger partial charge on any atom is 0.343 e. The summed E-state index contributed by atoms with van der Waals surface area (Å²) in [6.45, 7) is 7.46. The van der Waals surface area contributed by atoms with Crippen molar-refractivity contribution >= 4 is 29.1 Å². The van der Waals surface area contributed by atoms with Gasteiger partial charge in [-0.1, -0.05) is 94.3 Å². The first-order valence-corrected chi connectivity index (χ1v) is 19.7. The van der Waals surface area contributed by atoms with E-state index in [1.54, 1.807) is 36.4 Å². The first kappa shape index (κ1) is 37.6. The van der Waals surface area contributed by atoms with E-state index in [0.29, 0.717) is 22.7 Å². The van der Waals surface area contributed by atoms with Crippen molar-refractivity contribution < 1.29 is 19.0 Å². The highest BCUT2D eigenvalue weighted by molar-refractivity contribution is 5.91. The fourth-order valence-electron chi connectivity index (χ4n) is 7.66. The van der Waals surface area contributed by atoms with Crippen LogP contribution in [0.3, 0.4) is 0 Å². The minimum atomic E-state index is -0.629. The van der Waals surface area contributed by atoms with Gasteiger partial charge in [0.25, 0.3) is 0 Å². The topological polar surface area (TPSA) is 72.7 Å². The van der Waals surface area contributed by atoms with Crippen molar-refractivity contribution in [3.63, 3.8) is 0 Å². The zero-order chi connectivity index (χ0) is 38.3. The number of para-hydroxylation sites is 1. The molecule has 0 N–H and O–H groups in total. The minimum Gasteiger partial charge on any atom is -0.494 e. The number of azo groups is 1. The molecule has 7 heteroatoms. The summed E-state index contributed by atoms with van der Waals surface area (Å²) in [5, 5.41) is 8.89. The maximum atomic E-state index is 12.9. The summed E-state index contributed by atoms with van der Waals surface area (Å²) in [7, 11) is 2.09. The molecule has 0 bridgehead atoms. The first-order valence-electron chi connectivity index (χ1n) is 19.7. The van der Waals surface area contributed by atoms with Gasteiger partial charge in [-0.05, 0) is 122 Å². The lowest BCUT2D eigenvalue weighted by molar-refractivity contribution is 0.0582. The number of hydrogen-bond donors (Lipinski definition) is 0. The van der Waals surface area contributed by atoms with E-state index in [-0.39, 0.29) is 5.41 Å². The van der Waals surface area contributed by atoms with Crippen LogP contribution in [-0.4, -0.2) is 25.3 Å². The normalized spacial score (nSPS) is 16.5. The molecular formula is C48H51N3O4. The molecule has 0 aliphatic carbocycles. The van der Waals surface area contributed by atoms with Crippen molar-refractivity contribution in [2.75, 3.05) is 18.6 Å². The molecule has 5 aromatic carbocycles. The van der Waals surface area contributed by atoms with Crippen LogP contribution in [0.2, 0.25) is 0 Å². The monoisotopic (exact) mass is 733 g/mol. The molecule has 1 spiro atoms. The van der Waals surface area contributed by atoms with Gasteiger partial charge < -0.3 is 19.1 Å². The van der Waals surface area contributed by atoms with Crippen LogP contribution in [0, 0.1) is 0 Å². The summed E-state index contributed by atoms with van der Waals surface area (Å²) < 4.78 is 18.4. The molecule has 5 aromatic rings. The minimum absolute atomic E-state index is 0.258. The fraction of sp³-hybridized carbons (Fsp3) is 0.312. The molecule has 2 aliphatic rings. The van der Waals surface area contributed by atoms with E-state index in [9.17, 15) is 4.79 Å². The summed E-state index contributed by atoms with van der Waals surface area (Å²) in [5.41, 5.74) is 6.40. The van der Waals surface area contributed by atoms with Crippen LogP contribution in [0.1, 0.15) is 93.6 Å². The fourth-order valence-corrected chi connectivity index (χ4v) is 7.66. The van der Waals surface area contributed by atoms with Crippen LogP contribution in [0.4, 0.5) is 17.1 Å². The van der Waals surface area contributed by atoms with Crippen LogP contribution < -0.4 is 19.1 Å². The second-order valence-electron chi connectivity index (χ2n) is 15.1. The zero-order valence-corrected chi connectivity index (χ0v) is 32.5. The number of fused-ring (bicyclic) bond motifs is 2. The average Bonchev–Trinajstić information content (AvgIpc) is 3.37. The summed E-state index contributed by atoms with van der Waals surface area (Å²) in [6.07, 6.45) is 14.5. The molecule has 2 aliphatic heterocycles. The molecule has 2 heterocycles. The zero-order valence-electron chi connectivity index (χ0n) is 32.5. The lowest BCUT2D eigenvalue weighted by Crippen LogP contribution is -2.58. The molecule has 0 aromatic heterocycles. The molecule has 0 fully saturated rings. The van der Waals surface area contributed by atoms with Gasteiger partial charge in [-0.25, -0.2) is 4.79 Å². The van der Waals surface area contributed by atoms with Crippen molar-refractivity contribution in [1.82, 2.24) is 0 Å². The molecule has 0 unspecified atom stereocenters. The Kier molecular flexibility index (Phi) is 11.5. The molecule has 1 atom stereocenters. The maximum absolute atomic E-state index is 12.9. The summed E-state index contributed by atoms with van der Waals surface area (Å²) in [4.78, 5) is 15.2. The molecule has 0 saturated carbocycles. The van der Waals surface area contributed by atoms with Gasteiger partial charge in [-0.2, -0.15) is 10.2 Å². The molecule has 0 amide bonds. The highest BCUT2D eigenvalue weighted by Gasteiger charge is 2.57. The van der Waals surface area contributed by atoms with Gasteiger partial charge in [0.15, 0.2) is 0 Å². The number of benzene rings is 5. The largest absolute Gasteiger partial charge is 0.494 e. The Balaban J connectivity index is 0.887. The van der Waals surface area contributed by atoms with Crippen molar-refractivity contribution in [3.05, 3.63) is 138 Å². The molecule has 7 nitrogen and oxygen atoms in total. The molecule has 7 rings (SSSR count). The van der Waals surface area contributed by atoms with Gasteiger partial charge in [-0.15, -0.1) is 0 Å². The SMILES string of the molecule is CCCCCCCCCCOc1ccc(-c2ccc(C(=O)Oc3ccc(N=Nc4ccc5c(c4)C=C[C@]4(O5)N(C)c5ccccc5C4(C)C)cc3)cc2)cc1. The van der Waals surface area contributed by atoms with E-state index in [1.807, 2.05) is 42.5 Å². The standard InChI is InChI=1S/C48H51N3O4/c1-5-6-7-8-9-10-11-14-33-53-41-26-21-36(22-27-41)35-17-19-37(20-18-35)46(52)54-42-28-23-39(24-29-42)49-50-40-25-30-45-38(34-40)31-32-48(55-45)47(2,3)43-15-12-13-16-44(43)51(48)4/h12-13,15-32,34H,5-11,14,33H2,1-4H3/t48-/m1/s1. The highest BCUT2D eigenvalue weighted by Crippen LogP contribution is 2.54. The molecule has 282 valence electrons. The molecular weight excluding hydrogens is 683 g/mol. The van der Waals surface area contributed by atoms with E-state index in [2.05, 4.69) is 91.5 Å². The summed E-state index contributed by atoms with van der Waals surface area (Å²) in [5.74, 6) is 1.70. The lowest BCUT2D eigenvalue weighted by Gasteiger charge is -2.45. The van der Waals surface area contributed by atoms with Crippen LogP contribution in [0.5, 0.6) is 17.2 Å². The van der Waals surface area contributed by atoms with Gasteiger partial charge in [-0.3, -0.25) is 0 Å². The number of carbonyl (C=O) groups excluding carboxylic acids is 1. The van der Waals surface area contributed by atoms with Crippen molar-refractivity contribution in [1.29, 1.82) is 0 Å². The number of unbranched alkanes of at least 4 members (excludes halogenated alkanes) is 7. The number of ether oxygens (including phenoxy) is 3. The molecule has 0 radical (unpaired) electrons. The van der Waals surface area contributed by atoms with Crippen LogP contribution in [0.15, 0.2) is 132 Å². The van der Waals surface area contributed by atoms with Gasteiger partial charge in [0.2, 0.25) is 5.72 Å². The Bertz CT molecular complexity index is 2140. The average molecular weight is 734 g/mol. The molecule has 0 saturated heterocycles. The van der Waals surface area contributed by atoms with Crippen molar-refractivity contribution in [2.24, 2.45) is 10.2 Å². The van der Waals surface area contributed by atoms with Gasteiger partial charge >= 0.3 is 5.97 Å². The van der Waals surface area contributed by atoms with Gasteiger partial charge in [0, 0.05) is 18.3 Å². The van der Waals surface area contributed by atoms with E-state index in [4.69, 9.17) is 14.2 Å². The Morgan fingerprint density at radius 2 is 1.33 bits per heavy atom. The van der Waals surface area contributed by atoms with E-state index in [1.165, 1.54) is 56.2 Å². The molecule has 55 heavy (non-hydrogen) atoms. The lowest BCUT2D eigenvalue weighted by atomic mass is 9.76. The smallest absolute Gasteiger partial charge is 0.343 e. The second-order valence-corrected chi connectivity index (χ2v) is 15.1. The third kappa shape index (κ3) is 8.21. The van der Waals surface area contributed by atoms with Gasteiger partial charge in [0.1, 0.15) is 17.2 Å². The second kappa shape index (κ2) is 16.8. The van der Waals surface area contributed by atoms with Crippen molar-refractivity contribution in [2.45, 2.75) is 83.3 Å². The van der Waals surface area contributed by atoms with E-state index >= 15 is 0 Å². The third-order valence-electron chi connectivity index (χ3n) is 11.0. The number of esters is 1. The van der Waals surface area contributed by atoms with Crippen LogP contribution >= 0.6 is 0 Å². The Labute approximate surface area is 325 Å². The van der Waals surface area contributed by atoms with E-state index in [0.717, 1.165) is 41.2 Å². The Morgan fingerprint density at radius 3 is 2.04 bits per heavy atom. The third-order valence-corrected chi connectivity index (χ3v) is 11.0. The van der Waals surface area contributed by atoms with Crippen LogP contribution in [-0.2, 0) is 5.41 Å². The van der Waals surface area contributed by atoms with Crippen LogP contribution in [0.25, 0.3) is 17.2 Å². The van der Waals surface area contributed by atoms with Gasteiger partial charge in [0.05, 0.1) is 29.0 Å². The summed E-state index contributed by atoms with van der Waals surface area (Å²) >= 11 is 0. The highest BCUT2D eigenvalue weighted by atomic mass is 16.5. The Morgan fingerprint density at radius 1 is 0.709 bits per heavy atom. The number of likely N-dealkylation sites (N-methyl/N-ethyl adjacent to an activating group) is 1. The number of hydrogen-bond acceptors (Lipinski definition) is 7. The van der Waals surface area contributed by atoms with E-state index < -0.39 is 11.7 Å². The number of nitrogens with zero attached hydrogens (tertiary/aromatic N) is 3. The first-order chi connectivity index (χ1) is 26.8.